The Bertz CT molecular complexity index is 711. The van der Waals surface area contributed by atoms with E-state index in [0.29, 0.717) is 6.54 Å². The van der Waals surface area contributed by atoms with Crippen LogP contribution in [0.2, 0.25) is 0 Å². The van der Waals surface area contributed by atoms with Crippen molar-refractivity contribution < 1.29 is 4.79 Å². The summed E-state index contributed by atoms with van der Waals surface area (Å²) in [5, 5.41) is 7.50. The third-order valence-corrected chi connectivity index (χ3v) is 4.41. The molecule has 1 aromatic heterocycles. The molecule has 0 saturated carbocycles. The lowest BCUT2D eigenvalue weighted by atomic mass is 10.1. The van der Waals surface area contributed by atoms with Gasteiger partial charge in [-0.15, -0.1) is 0 Å². The Kier molecular flexibility index (Phi) is 5.74. The summed E-state index contributed by atoms with van der Waals surface area (Å²) >= 11 is 0. The molecule has 0 atom stereocenters. The minimum Gasteiger partial charge on any atom is -0.350 e. The summed E-state index contributed by atoms with van der Waals surface area (Å²) in [5.74, 6) is 0.107. The number of rotatable bonds is 5. The molecule has 26 heavy (non-hydrogen) atoms. The van der Waals surface area contributed by atoms with Crippen LogP contribution in [-0.2, 0) is 11.3 Å². The van der Waals surface area contributed by atoms with E-state index in [2.05, 4.69) is 38.5 Å². The predicted octanol–water partition coefficient (Wildman–Crippen LogP) is 1.90. The van der Waals surface area contributed by atoms with E-state index in [1.54, 1.807) is 0 Å². The molecule has 0 radical (unpaired) electrons. The standard InChI is InChI=1S/C20H29N5O/c1-20(2,3)22-19(26)16-24-11-9-23(10-12-24)14-17-13-21-25(15-17)18-7-5-4-6-8-18/h4-8,13,15H,9-12,14,16H2,1-3H3,(H,22,26). The number of para-hydroxylation sites is 1. The molecule has 2 aromatic rings. The number of carbonyl (C=O) groups excluding carboxylic acids is 1. The quantitative estimate of drug-likeness (QED) is 0.890. The van der Waals surface area contributed by atoms with Crippen molar-refractivity contribution in [2.45, 2.75) is 32.9 Å². The van der Waals surface area contributed by atoms with E-state index < -0.39 is 0 Å². The van der Waals surface area contributed by atoms with Gasteiger partial charge in [-0.3, -0.25) is 14.6 Å². The number of amides is 1. The zero-order valence-corrected chi connectivity index (χ0v) is 16.0. The first-order valence-electron chi connectivity index (χ1n) is 9.24. The van der Waals surface area contributed by atoms with Crippen molar-refractivity contribution in [1.82, 2.24) is 24.9 Å². The highest BCUT2D eigenvalue weighted by Crippen LogP contribution is 2.11. The molecule has 1 amide bonds. The molecule has 0 aliphatic carbocycles. The van der Waals surface area contributed by atoms with E-state index in [9.17, 15) is 4.79 Å². The summed E-state index contributed by atoms with van der Waals surface area (Å²) in [7, 11) is 0. The first-order chi connectivity index (χ1) is 12.4. The van der Waals surface area contributed by atoms with Gasteiger partial charge < -0.3 is 5.32 Å². The summed E-state index contributed by atoms with van der Waals surface area (Å²) in [6.45, 7) is 11.2. The van der Waals surface area contributed by atoms with Crippen LogP contribution in [0.4, 0.5) is 0 Å². The van der Waals surface area contributed by atoms with Gasteiger partial charge in [0.25, 0.3) is 0 Å². The summed E-state index contributed by atoms with van der Waals surface area (Å²) in [5.41, 5.74) is 2.12. The van der Waals surface area contributed by atoms with Gasteiger partial charge >= 0.3 is 0 Å². The maximum absolute atomic E-state index is 12.1. The molecule has 6 heteroatoms. The zero-order valence-electron chi connectivity index (χ0n) is 16.0. The molecule has 140 valence electrons. The molecule has 1 saturated heterocycles. The minimum absolute atomic E-state index is 0.107. The van der Waals surface area contributed by atoms with Gasteiger partial charge in [0.1, 0.15) is 0 Å². The van der Waals surface area contributed by atoms with Crippen LogP contribution in [0, 0.1) is 0 Å². The van der Waals surface area contributed by atoms with Gasteiger partial charge in [0.05, 0.1) is 18.4 Å². The molecule has 1 aliphatic heterocycles. The van der Waals surface area contributed by atoms with Gasteiger partial charge in [-0.2, -0.15) is 5.10 Å². The maximum Gasteiger partial charge on any atom is 0.234 e. The normalized spacial score (nSPS) is 16.6. The lowest BCUT2D eigenvalue weighted by Crippen LogP contribution is -2.51. The van der Waals surface area contributed by atoms with Gasteiger partial charge in [0.2, 0.25) is 5.91 Å². The third kappa shape index (κ3) is 5.41. The zero-order chi connectivity index (χ0) is 18.6. The van der Waals surface area contributed by atoms with Crippen LogP contribution < -0.4 is 5.32 Å². The van der Waals surface area contributed by atoms with Crippen molar-refractivity contribution in [3.8, 4) is 5.69 Å². The average molecular weight is 355 g/mol. The van der Waals surface area contributed by atoms with E-state index in [-0.39, 0.29) is 11.4 Å². The largest absolute Gasteiger partial charge is 0.350 e. The smallest absolute Gasteiger partial charge is 0.234 e. The Labute approximate surface area is 155 Å². The molecule has 6 nitrogen and oxygen atoms in total. The highest BCUT2D eigenvalue weighted by molar-refractivity contribution is 5.78. The van der Waals surface area contributed by atoms with Crippen LogP contribution in [0.25, 0.3) is 5.69 Å². The Morgan fingerprint density at radius 3 is 2.38 bits per heavy atom. The van der Waals surface area contributed by atoms with Crippen molar-refractivity contribution in [3.05, 3.63) is 48.3 Å². The Morgan fingerprint density at radius 1 is 1.08 bits per heavy atom. The minimum atomic E-state index is -0.169. The van der Waals surface area contributed by atoms with Crippen molar-refractivity contribution in [2.24, 2.45) is 0 Å². The summed E-state index contributed by atoms with van der Waals surface area (Å²) in [6.07, 6.45) is 4.04. The second-order valence-electron chi connectivity index (χ2n) is 7.98. The number of piperazine rings is 1. The number of carbonyl (C=O) groups is 1. The summed E-state index contributed by atoms with van der Waals surface area (Å²) < 4.78 is 1.92. The lowest BCUT2D eigenvalue weighted by Gasteiger charge is -2.34. The van der Waals surface area contributed by atoms with E-state index in [1.807, 2.05) is 49.8 Å². The molecule has 1 aromatic carbocycles. The van der Waals surface area contributed by atoms with E-state index >= 15 is 0 Å². The van der Waals surface area contributed by atoms with Crippen molar-refractivity contribution in [3.63, 3.8) is 0 Å². The topological polar surface area (TPSA) is 53.4 Å². The molecule has 2 heterocycles. The van der Waals surface area contributed by atoms with Gasteiger partial charge in [0.15, 0.2) is 0 Å². The molecular formula is C20H29N5O. The number of nitrogens with zero attached hydrogens (tertiary/aromatic N) is 4. The van der Waals surface area contributed by atoms with E-state index in [0.717, 1.165) is 38.4 Å². The Hall–Kier alpha value is -2.18. The molecule has 3 rings (SSSR count). The van der Waals surface area contributed by atoms with Crippen LogP contribution in [0.15, 0.2) is 42.7 Å². The fraction of sp³-hybridized carbons (Fsp3) is 0.500. The summed E-state index contributed by atoms with van der Waals surface area (Å²) in [6, 6.07) is 10.2. The maximum atomic E-state index is 12.1. The van der Waals surface area contributed by atoms with Crippen LogP contribution in [-0.4, -0.2) is 63.8 Å². The number of hydrogen-bond acceptors (Lipinski definition) is 4. The first-order valence-corrected chi connectivity index (χ1v) is 9.24. The molecule has 1 aliphatic rings. The van der Waals surface area contributed by atoms with Gasteiger partial charge in [-0.1, -0.05) is 18.2 Å². The number of nitrogens with one attached hydrogen (secondary N) is 1. The molecule has 1 fully saturated rings. The number of aromatic nitrogens is 2. The SMILES string of the molecule is CC(C)(C)NC(=O)CN1CCN(Cc2cnn(-c3ccccc3)c2)CC1. The van der Waals surface area contributed by atoms with Crippen LogP contribution >= 0.6 is 0 Å². The van der Waals surface area contributed by atoms with Crippen molar-refractivity contribution in [2.75, 3.05) is 32.7 Å². The molecule has 0 spiro atoms. The van der Waals surface area contributed by atoms with E-state index in [1.165, 1.54) is 5.56 Å². The monoisotopic (exact) mass is 355 g/mol. The predicted molar refractivity (Wildman–Crippen MR) is 103 cm³/mol. The van der Waals surface area contributed by atoms with Crippen molar-refractivity contribution >= 4 is 5.91 Å². The van der Waals surface area contributed by atoms with Crippen LogP contribution in [0.5, 0.6) is 0 Å². The highest BCUT2D eigenvalue weighted by atomic mass is 16.2. The van der Waals surface area contributed by atoms with Gasteiger partial charge in [-0.05, 0) is 32.9 Å². The second kappa shape index (κ2) is 8.01. The number of benzene rings is 1. The van der Waals surface area contributed by atoms with Crippen LogP contribution in [0.1, 0.15) is 26.3 Å². The van der Waals surface area contributed by atoms with Crippen LogP contribution in [0.3, 0.4) is 0 Å². The fourth-order valence-electron chi connectivity index (χ4n) is 3.19. The fourth-order valence-corrected chi connectivity index (χ4v) is 3.19. The second-order valence-corrected chi connectivity index (χ2v) is 7.98. The van der Waals surface area contributed by atoms with E-state index in [4.69, 9.17) is 0 Å². The Balaban J connectivity index is 1.46. The summed E-state index contributed by atoms with van der Waals surface area (Å²) in [4.78, 5) is 16.7. The van der Waals surface area contributed by atoms with Gasteiger partial charge in [0, 0.05) is 50.0 Å². The lowest BCUT2D eigenvalue weighted by molar-refractivity contribution is -0.124. The molecule has 0 bridgehead atoms. The third-order valence-electron chi connectivity index (χ3n) is 4.41. The Morgan fingerprint density at radius 2 is 1.73 bits per heavy atom. The molecular weight excluding hydrogens is 326 g/mol. The average Bonchev–Trinajstić information content (AvgIpc) is 3.04. The first kappa shape index (κ1) is 18.6. The van der Waals surface area contributed by atoms with Crippen molar-refractivity contribution in [1.29, 1.82) is 0 Å². The van der Waals surface area contributed by atoms with Gasteiger partial charge in [-0.25, -0.2) is 4.68 Å². The molecule has 1 N–H and O–H groups in total. The molecule has 0 unspecified atom stereocenters. The number of hydrogen-bond donors (Lipinski definition) is 1. The highest BCUT2D eigenvalue weighted by Gasteiger charge is 2.21.